The zero-order valence-corrected chi connectivity index (χ0v) is 9.54. The molecular formula is C12H10N2O4. The number of hydrogen-bond donors (Lipinski definition) is 1. The number of furan rings is 1. The van der Waals surface area contributed by atoms with Crippen LogP contribution in [-0.4, -0.2) is 17.9 Å². The van der Waals surface area contributed by atoms with Crippen LogP contribution >= 0.6 is 0 Å². The maximum absolute atomic E-state index is 11.3. The van der Waals surface area contributed by atoms with Gasteiger partial charge in [0.25, 0.3) is 11.6 Å². The molecule has 1 aromatic carbocycles. The standard InChI is InChI=1S/C12H10N2O4/c1-13-12(15)11-7-6-10(18-11)8-4-2-3-5-9(8)14(16)17/h2-7H,1H3,(H,13,15). The Morgan fingerprint density at radius 2 is 2.00 bits per heavy atom. The van der Waals surface area contributed by atoms with Gasteiger partial charge in [-0.2, -0.15) is 0 Å². The summed E-state index contributed by atoms with van der Waals surface area (Å²) < 4.78 is 5.30. The fourth-order valence-electron chi connectivity index (χ4n) is 1.57. The van der Waals surface area contributed by atoms with E-state index in [9.17, 15) is 14.9 Å². The van der Waals surface area contributed by atoms with Crippen molar-refractivity contribution in [3.05, 3.63) is 52.3 Å². The number of nitro benzene ring substituents is 1. The molecule has 6 heteroatoms. The minimum Gasteiger partial charge on any atom is -0.451 e. The molecule has 2 aromatic rings. The van der Waals surface area contributed by atoms with Gasteiger partial charge in [0, 0.05) is 13.1 Å². The van der Waals surface area contributed by atoms with E-state index in [-0.39, 0.29) is 17.4 Å². The summed E-state index contributed by atoms with van der Waals surface area (Å²) in [6.45, 7) is 0. The summed E-state index contributed by atoms with van der Waals surface area (Å²) in [5, 5.41) is 13.3. The second-order valence-corrected chi connectivity index (χ2v) is 3.52. The van der Waals surface area contributed by atoms with E-state index in [2.05, 4.69) is 5.32 Å². The second kappa shape index (κ2) is 4.70. The van der Waals surface area contributed by atoms with Crippen LogP contribution in [-0.2, 0) is 0 Å². The lowest BCUT2D eigenvalue weighted by atomic mass is 10.1. The molecule has 92 valence electrons. The summed E-state index contributed by atoms with van der Waals surface area (Å²) >= 11 is 0. The van der Waals surface area contributed by atoms with Crippen LogP contribution in [0.3, 0.4) is 0 Å². The number of hydrogen-bond acceptors (Lipinski definition) is 4. The Balaban J connectivity index is 2.46. The summed E-state index contributed by atoms with van der Waals surface area (Å²) in [7, 11) is 1.48. The molecule has 2 rings (SSSR count). The zero-order valence-electron chi connectivity index (χ0n) is 9.54. The first-order valence-electron chi connectivity index (χ1n) is 5.19. The summed E-state index contributed by atoms with van der Waals surface area (Å²) in [6.07, 6.45) is 0. The van der Waals surface area contributed by atoms with Crippen molar-refractivity contribution in [1.29, 1.82) is 0 Å². The Labute approximate surface area is 102 Å². The smallest absolute Gasteiger partial charge is 0.286 e. The molecule has 0 unspecified atom stereocenters. The number of nitrogens with one attached hydrogen (secondary N) is 1. The lowest BCUT2D eigenvalue weighted by Gasteiger charge is -1.99. The number of para-hydroxylation sites is 1. The lowest BCUT2D eigenvalue weighted by Crippen LogP contribution is -2.16. The SMILES string of the molecule is CNC(=O)c1ccc(-c2ccccc2[N+](=O)[O-])o1. The average molecular weight is 246 g/mol. The molecule has 0 radical (unpaired) electrons. The van der Waals surface area contributed by atoms with Crippen LogP contribution in [0.4, 0.5) is 5.69 Å². The molecule has 1 heterocycles. The molecule has 18 heavy (non-hydrogen) atoms. The minimum atomic E-state index is -0.489. The van der Waals surface area contributed by atoms with E-state index in [4.69, 9.17) is 4.42 Å². The summed E-state index contributed by atoms with van der Waals surface area (Å²) in [5.74, 6) is 0.0337. The maximum Gasteiger partial charge on any atom is 0.286 e. The van der Waals surface area contributed by atoms with Crippen LogP contribution in [0.5, 0.6) is 0 Å². The molecule has 0 aliphatic rings. The number of rotatable bonds is 3. The van der Waals surface area contributed by atoms with Gasteiger partial charge < -0.3 is 9.73 Å². The van der Waals surface area contributed by atoms with E-state index in [1.54, 1.807) is 18.2 Å². The molecule has 0 atom stereocenters. The highest BCUT2D eigenvalue weighted by molar-refractivity contribution is 5.92. The number of carbonyl (C=O) groups excluding carboxylic acids is 1. The molecule has 0 fully saturated rings. The van der Waals surface area contributed by atoms with Crippen LogP contribution in [0.2, 0.25) is 0 Å². The Morgan fingerprint density at radius 3 is 2.67 bits per heavy atom. The molecular weight excluding hydrogens is 236 g/mol. The van der Waals surface area contributed by atoms with Gasteiger partial charge in [-0.05, 0) is 18.2 Å². The normalized spacial score (nSPS) is 10.1. The molecule has 0 saturated carbocycles. The van der Waals surface area contributed by atoms with Gasteiger partial charge in [-0.15, -0.1) is 0 Å². The van der Waals surface area contributed by atoms with Crippen LogP contribution in [0, 0.1) is 10.1 Å². The third-order valence-corrected chi connectivity index (χ3v) is 2.42. The van der Waals surface area contributed by atoms with Crippen molar-refractivity contribution < 1.29 is 14.1 Å². The highest BCUT2D eigenvalue weighted by atomic mass is 16.6. The molecule has 0 aliphatic carbocycles. The fourth-order valence-corrected chi connectivity index (χ4v) is 1.57. The molecule has 0 saturated heterocycles. The molecule has 6 nitrogen and oxygen atoms in total. The number of nitrogens with zero attached hydrogens (tertiary/aromatic N) is 1. The average Bonchev–Trinajstić information content (AvgIpc) is 2.87. The Morgan fingerprint density at radius 1 is 1.28 bits per heavy atom. The quantitative estimate of drug-likeness (QED) is 0.664. The van der Waals surface area contributed by atoms with Gasteiger partial charge in [-0.1, -0.05) is 12.1 Å². The van der Waals surface area contributed by atoms with Crippen LogP contribution in [0.1, 0.15) is 10.6 Å². The van der Waals surface area contributed by atoms with Gasteiger partial charge >= 0.3 is 0 Å². The first-order chi connectivity index (χ1) is 8.63. The number of nitro groups is 1. The largest absolute Gasteiger partial charge is 0.451 e. The van der Waals surface area contributed by atoms with Crippen molar-refractivity contribution in [3.63, 3.8) is 0 Å². The van der Waals surface area contributed by atoms with Crippen molar-refractivity contribution in [3.8, 4) is 11.3 Å². The van der Waals surface area contributed by atoms with Crippen molar-refractivity contribution in [2.45, 2.75) is 0 Å². The number of benzene rings is 1. The van der Waals surface area contributed by atoms with Crippen LogP contribution in [0.15, 0.2) is 40.8 Å². The van der Waals surface area contributed by atoms with Gasteiger partial charge in [0.1, 0.15) is 5.76 Å². The first kappa shape index (κ1) is 11.8. The Hall–Kier alpha value is -2.63. The fraction of sp³-hybridized carbons (Fsp3) is 0.0833. The number of amides is 1. The van der Waals surface area contributed by atoms with Gasteiger partial charge in [0.05, 0.1) is 10.5 Å². The summed E-state index contributed by atoms with van der Waals surface area (Å²) in [5.41, 5.74) is 0.285. The molecule has 1 N–H and O–H groups in total. The third kappa shape index (κ3) is 2.08. The molecule has 1 aromatic heterocycles. The van der Waals surface area contributed by atoms with E-state index in [0.717, 1.165) is 0 Å². The predicted molar refractivity (Wildman–Crippen MR) is 64.2 cm³/mol. The first-order valence-corrected chi connectivity index (χ1v) is 5.19. The van der Waals surface area contributed by atoms with E-state index in [1.165, 1.54) is 25.2 Å². The van der Waals surface area contributed by atoms with Gasteiger partial charge in [-0.25, -0.2) is 0 Å². The van der Waals surface area contributed by atoms with Crippen molar-refractivity contribution in [2.24, 2.45) is 0 Å². The van der Waals surface area contributed by atoms with Crippen LogP contribution < -0.4 is 5.32 Å². The lowest BCUT2D eigenvalue weighted by molar-refractivity contribution is -0.384. The van der Waals surface area contributed by atoms with Crippen molar-refractivity contribution >= 4 is 11.6 Å². The van der Waals surface area contributed by atoms with E-state index in [1.807, 2.05) is 0 Å². The van der Waals surface area contributed by atoms with Crippen LogP contribution in [0.25, 0.3) is 11.3 Å². The zero-order chi connectivity index (χ0) is 13.1. The molecule has 1 amide bonds. The topological polar surface area (TPSA) is 85.4 Å². The summed E-state index contributed by atoms with van der Waals surface area (Å²) in [6, 6.07) is 9.22. The van der Waals surface area contributed by atoms with Crippen molar-refractivity contribution in [1.82, 2.24) is 5.32 Å². The highest BCUT2D eigenvalue weighted by Gasteiger charge is 2.18. The van der Waals surface area contributed by atoms with E-state index in [0.29, 0.717) is 11.3 Å². The third-order valence-electron chi connectivity index (χ3n) is 2.42. The Bertz CT molecular complexity index is 604. The monoisotopic (exact) mass is 246 g/mol. The summed E-state index contributed by atoms with van der Waals surface area (Å²) in [4.78, 5) is 21.7. The highest BCUT2D eigenvalue weighted by Crippen LogP contribution is 2.30. The van der Waals surface area contributed by atoms with Gasteiger partial charge in [0.15, 0.2) is 5.76 Å². The second-order valence-electron chi connectivity index (χ2n) is 3.52. The van der Waals surface area contributed by atoms with E-state index >= 15 is 0 Å². The number of carbonyl (C=O) groups is 1. The predicted octanol–water partition coefficient (Wildman–Crippen LogP) is 2.21. The molecule has 0 spiro atoms. The maximum atomic E-state index is 11.3. The van der Waals surface area contributed by atoms with Gasteiger partial charge in [0.2, 0.25) is 0 Å². The minimum absolute atomic E-state index is 0.0599. The van der Waals surface area contributed by atoms with Gasteiger partial charge in [-0.3, -0.25) is 14.9 Å². The van der Waals surface area contributed by atoms with Crippen molar-refractivity contribution in [2.75, 3.05) is 7.05 Å². The molecule has 0 bridgehead atoms. The van der Waals surface area contributed by atoms with E-state index < -0.39 is 4.92 Å². The Kier molecular flexibility index (Phi) is 3.09. The molecule has 0 aliphatic heterocycles.